The zero-order chi connectivity index (χ0) is 27.0. The fourth-order valence-corrected chi connectivity index (χ4v) is 5.34. The van der Waals surface area contributed by atoms with Gasteiger partial charge >= 0.3 is 0 Å². The van der Waals surface area contributed by atoms with E-state index in [9.17, 15) is 4.79 Å². The number of benzene rings is 4. The molecule has 5 aromatic rings. The Balaban J connectivity index is 1.40. The van der Waals surface area contributed by atoms with Crippen molar-refractivity contribution < 1.29 is 9.53 Å². The molecule has 5 rings (SSSR count). The lowest BCUT2D eigenvalue weighted by molar-refractivity contribution is -0.121. The van der Waals surface area contributed by atoms with E-state index in [1.807, 2.05) is 83.4 Å². The molecule has 6 nitrogen and oxygen atoms in total. The molecule has 39 heavy (non-hydrogen) atoms. The first-order valence-corrected chi connectivity index (χ1v) is 13.8. The molecule has 0 spiro atoms. The van der Waals surface area contributed by atoms with Crippen LogP contribution in [0.1, 0.15) is 34.0 Å². The molecule has 0 radical (unpaired) electrons. The molecule has 1 N–H and O–H groups in total. The summed E-state index contributed by atoms with van der Waals surface area (Å²) in [6, 6.07) is 35.9. The van der Waals surface area contributed by atoms with Crippen LogP contribution >= 0.6 is 11.8 Å². The average molecular weight is 535 g/mol. The molecule has 1 amide bonds. The third kappa shape index (κ3) is 6.38. The van der Waals surface area contributed by atoms with Crippen molar-refractivity contribution in [1.82, 2.24) is 20.1 Å². The van der Waals surface area contributed by atoms with Gasteiger partial charge in [-0.3, -0.25) is 9.36 Å². The second-order valence-electron chi connectivity index (χ2n) is 9.18. The van der Waals surface area contributed by atoms with E-state index in [1.54, 1.807) is 18.9 Å². The number of hydrogen-bond donors (Lipinski definition) is 1. The van der Waals surface area contributed by atoms with Crippen LogP contribution in [0, 0.1) is 6.92 Å². The number of amides is 1. The lowest BCUT2D eigenvalue weighted by Gasteiger charge is -2.18. The van der Waals surface area contributed by atoms with E-state index < -0.39 is 5.92 Å². The molecule has 0 aliphatic rings. The maximum Gasteiger partial charge on any atom is 0.232 e. The monoisotopic (exact) mass is 534 g/mol. The summed E-state index contributed by atoms with van der Waals surface area (Å²) in [5, 5.41) is 12.9. The van der Waals surface area contributed by atoms with Gasteiger partial charge in [0, 0.05) is 11.4 Å². The maximum absolute atomic E-state index is 13.6. The van der Waals surface area contributed by atoms with Gasteiger partial charge in [-0.05, 0) is 47.9 Å². The highest BCUT2D eigenvalue weighted by Gasteiger charge is 2.23. The van der Waals surface area contributed by atoms with Crippen LogP contribution in [0.3, 0.4) is 0 Å². The van der Waals surface area contributed by atoms with E-state index >= 15 is 0 Å². The van der Waals surface area contributed by atoms with Gasteiger partial charge in [0.2, 0.25) is 5.91 Å². The fraction of sp³-hybridized carbons (Fsp3) is 0.156. The average Bonchev–Trinajstić information content (AvgIpc) is 3.39. The van der Waals surface area contributed by atoms with Crippen molar-refractivity contribution in [2.75, 3.05) is 7.11 Å². The van der Waals surface area contributed by atoms with Crippen molar-refractivity contribution in [1.29, 1.82) is 0 Å². The molecule has 0 unspecified atom stereocenters. The Morgan fingerprint density at radius 2 is 1.54 bits per heavy atom. The SMILES string of the molecule is COc1cccc(CSc2nnc(CNC(=O)C(c3ccccc3)c3ccccc3)n2-c2ccc(C)cc2)c1. The van der Waals surface area contributed by atoms with Gasteiger partial charge in [-0.1, -0.05) is 102 Å². The van der Waals surface area contributed by atoms with Gasteiger partial charge in [0.15, 0.2) is 11.0 Å². The van der Waals surface area contributed by atoms with Crippen LogP contribution in [0.4, 0.5) is 0 Å². The minimum absolute atomic E-state index is 0.0866. The standard InChI is InChI=1S/C32H30N4O2S/c1-23-16-18-27(19-17-23)36-29(34-35-32(36)39-22-24-10-9-15-28(20-24)38-2)21-33-31(37)30(25-11-5-3-6-12-25)26-13-7-4-8-14-26/h3-20,30H,21-22H2,1-2H3,(H,33,37). The molecule has 0 bridgehead atoms. The summed E-state index contributed by atoms with van der Waals surface area (Å²) in [4.78, 5) is 13.6. The number of methoxy groups -OCH3 is 1. The molecule has 0 aliphatic carbocycles. The summed E-state index contributed by atoms with van der Waals surface area (Å²) in [6.07, 6.45) is 0. The predicted molar refractivity (Wildman–Crippen MR) is 155 cm³/mol. The normalized spacial score (nSPS) is 10.9. The molecule has 4 aromatic carbocycles. The van der Waals surface area contributed by atoms with Crippen LogP contribution in [0.5, 0.6) is 5.75 Å². The highest BCUT2D eigenvalue weighted by Crippen LogP contribution is 2.28. The lowest BCUT2D eigenvalue weighted by atomic mass is 9.90. The molecule has 196 valence electrons. The molecule has 1 aromatic heterocycles. The zero-order valence-corrected chi connectivity index (χ0v) is 22.8. The van der Waals surface area contributed by atoms with E-state index in [4.69, 9.17) is 4.74 Å². The van der Waals surface area contributed by atoms with Crippen LogP contribution in [-0.4, -0.2) is 27.8 Å². The molecule has 0 saturated heterocycles. The first kappa shape index (κ1) is 26.3. The number of hydrogen-bond acceptors (Lipinski definition) is 5. The maximum atomic E-state index is 13.6. The van der Waals surface area contributed by atoms with Crippen LogP contribution < -0.4 is 10.1 Å². The Hall–Kier alpha value is -4.36. The van der Waals surface area contributed by atoms with Crippen molar-refractivity contribution >= 4 is 17.7 Å². The highest BCUT2D eigenvalue weighted by molar-refractivity contribution is 7.98. The van der Waals surface area contributed by atoms with E-state index in [0.29, 0.717) is 11.6 Å². The van der Waals surface area contributed by atoms with E-state index in [-0.39, 0.29) is 12.5 Å². The Kier molecular flexibility index (Phi) is 8.39. The first-order valence-electron chi connectivity index (χ1n) is 12.8. The second-order valence-corrected chi connectivity index (χ2v) is 10.1. The molecular formula is C32H30N4O2S. The largest absolute Gasteiger partial charge is 0.497 e. The molecule has 0 aliphatic heterocycles. The van der Waals surface area contributed by atoms with Crippen LogP contribution in [0.15, 0.2) is 114 Å². The van der Waals surface area contributed by atoms with Gasteiger partial charge in [-0.15, -0.1) is 10.2 Å². The minimum atomic E-state index is -0.426. The smallest absolute Gasteiger partial charge is 0.232 e. The quantitative estimate of drug-likeness (QED) is 0.212. The molecule has 0 atom stereocenters. The number of aryl methyl sites for hydroxylation is 1. The number of rotatable bonds is 10. The summed E-state index contributed by atoms with van der Waals surface area (Å²) in [5.41, 5.74) is 5.12. The van der Waals surface area contributed by atoms with E-state index in [0.717, 1.165) is 33.3 Å². The van der Waals surface area contributed by atoms with E-state index in [2.05, 4.69) is 52.8 Å². The fourth-order valence-electron chi connectivity index (χ4n) is 4.43. The number of nitrogens with zero attached hydrogens (tertiary/aromatic N) is 3. The minimum Gasteiger partial charge on any atom is -0.497 e. The summed E-state index contributed by atoms with van der Waals surface area (Å²) < 4.78 is 7.39. The van der Waals surface area contributed by atoms with Crippen LogP contribution in [0.2, 0.25) is 0 Å². The Labute approximate surface area is 233 Å². The first-order chi connectivity index (χ1) is 19.1. The van der Waals surface area contributed by atoms with Gasteiger partial charge in [-0.2, -0.15) is 0 Å². The lowest BCUT2D eigenvalue weighted by Crippen LogP contribution is -2.30. The number of nitrogens with one attached hydrogen (secondary N) is 1. The van der Waals surface area contributed by atoms with Crippen LogP contribution in [0.25, 0.3) is 5.69 Å². The van der Waals surface area contributed by atoms with E-state index in [1.165, 1.54) is 5.56 Å². The predicted octanol–water partition coefficient (Wildman–Crippen LogP) is 6.32. The zero-order valence-electron chi connectivity index (χ0n) is 22.0. The number of thioether (sulfide) groups is 1. The number of carbonyl (C=O) groups excluding carboxylic acids is 1. The van der Waals surface area contributed by atoms with Crippen LogP contribution in [-0.2, 0) is 17.1 Å². The molecular weight excluding hydrogens is 504 g/mol. The number of ether oxygens (including phenoxy) is 1. The molecule has 0 fully saturated rings. The molecule has 0 saturated carbocycles. The van der Waals surface area contributed by atoms with Crippen molar-refractivity contribution in [3.63, 3.8) is 0 Å². The number of carbonyl (C=O) groups is 1. The summed E-state index contributed by atoms with van der Waals surface area (Å²) in [5.74, 6) is 1.68. The van der Waals surface area contributed by atoms with Gasteiger partial charge in [-0.25, -0.2) is 0 Å². The van der Waals surface area contributed by atoms with Crippen molar-refractivity contribution in [2.24, 2.45) is 0 Å². The molecule has 7 heteroatoms. The molecule has 1 heterocycles. The third-order valence-electron chi connectivity index (χ3n) is 6.44. The van der Waals surface area contributed by atoms with Crippen molar-refractivity contribution in [3.05, 3.63) is 137 Å². The van der Waals surface area contributed by atoms with Gasteiger partial charge in [0.25, 0.3) is 0 Å². The topological polar surface area (TPSA) is 69.0 Å². The van der Waals surface area contributed by atoms with Crippen molar-refractivity contribution in [3.8, 4) is 11.4 Å². The Bertz CT molecular complexity index is 1480. The second kappa shape index (κ2) is 12.5. The van der Waals surface area contributed by atoms with Crippen molar-refractivity contribution in [2.45, 2.75) is 30.3 Å². The number of aromatic nitrogens is 3. The van der Waals surface area contributed by atoms with Gasteiger partial charge < -0.3 is 10.1 Å². The van der Waals surface area contributed by atoms with Gasteiger partial charge in [0.05, 0.1) is 19.6 Å². The third-order valence-corrected chi connectivity index (χ3v) is 7.44. The summed E-state index contributed by atoms with van der Waals surface area (Å²) in [6.45, 7) is 2.30. The van der Waals surface area contributed by atoms with Gasteiger partial charge in [0.1, 0.15) is 5.75 Å². The summed E-state index contributed by atoms with van der Waals surface area (Å²) >= 11 is 1.59. The Morgan fingerprint density at radius 3 is 2.18 bits per heavy atom. The highest BCUT2D eigenvalue weighted by atomic mass is 32.2. The Morgan fingerprint density at radius 1 is 0.872 bits per heavy atom. The summed E-state index contributed by atoms with van der Waals surface area (Å²) in [7, 11) is 1.67.